The average molecular weight is 3000 g/mol. The van der Waals surface area contributed by atoms with Gasteiger partial charge in [-0.3, -0.25) is 14.8 Å². The fourth-order valence-corrected chi connectivity index (χ4v) is 28.4. The fraction of sp³-hybridized carbons (Fsp3) is 0.319. The van der Waals surface area contributed by atoms with Crippen molar-refractivity contribution in [2.75, 3.05) is 85.5 Å². The summed E-state index contributed by atoms with van der Waals surface area (Å²) >= 11 is 23.0. The maximum absolute atomic E-state index is 11.6. The molecule has 0 saturated carbocycles. The molecule has 15 rings (SSSR count). The van der Waals surface area contributed by atoms with Crippen molar-refractivity contribution in [2.45, 2.75) is 114 Å². The molecule has 0 bridgehead atoms. The van der Waals surface area contributed by atoms with Gasteiger partial charge in [-0.05, 0) is 540 Å². The largest absolute Gasteiger partial charge is 0.508 e. The number of sulfonamides is 1. The van der Waals surface area contributed by atoms with Gasteiger partial charge >= 0.3 is 17.6 Å². The standard InChI is InChI=1S/C18H20I2N2O4S.C18H19I2NO3.2C18H19I2NO2.C17H16I2N2O4.C2H2O4.3ClH/c1-26-18-13(19)5-10(6-14(18)20)7-15-12-9-16(22-27(2,24)25)17(23)8-11(12)3-4-21-15;1-23-17-9-12-11(8-16(17)22)3-4-21-15(12)7-10-5-13(19)18(24-2)14(20)6-10;1-10-5-13-12(9-17(10)22)3-4-21-16(13)8-11-6-14(19)18(23-2)15(20)7-11;1-23-18-14(19)6-10(7-15(18)20)5-11-3-2-4-12-8-17(22)16(21)9-13(11)12;1-25-17-12(18)4-9(5-13(17)19)6-14-11-8-15(21(23)24)16(22)7-10(11)2-3-20-14;3-1(4)2(5)6;;;/h5-6,8-9,15,21-23H,3-4,7H2,1-2H3;5-6,8-9,15,21-22H,3-4,7H2,1-2H3;5-7,9,16,21-22H,3-4,8H2,1-2H3;6-9,11,22H,2-5,21H2,1H3;4-5,7-8,14,20,22H,2-3,6H2,1H3;(H,3,4)(H,5,6);3*1H. The van der Waals surface area contributed by atoms with Crippen molar-refractivity contribution in [3.8, 4) is 63.2 Å². The first-order chi connectivity index (χ1) is 60.7. The minimum absolute atomic E-state index is 0. The third kappa shape index (κ3) is 30.7. The van der Waals surface area contributed by atoms with E-state index in [-0.39, 0.29) is 95.8 Å². The molecule has 40 heteroatoms. The van der Waals surface area contributed by atoms with Crippen LogP contribution < -0.4 is 60.1 Å². The van der Waals surface area contributed by atoms with Crippen LogP contribution in [0.1, 0.15) is 132 Å². The summed E-state index contributed by atoms with van der Waals surface area (Å²) in [5.41, 5.74) is 24.9. The number of carboxylic acids is 2. The summed E-state index contributed by atoms with van der Waals surface area (Å²) in [6.07, 6.45) is 12.1. The Kier molecular flexibility index (Phi) is 45.9. The van der Waals surface area contributed by atoms with Crippen molar-refractivity contribution in [1.82, 2.24) is 21.3 Å². The van der Waals surface area contributed by atoms with Gasteiger partial charge in [0, 0.05) is 30.2 Å². The zero-order valence-corrected chi connectivity index (χ0v) is 96.6. The van der Waals surface area contributed by atoms with Crippen LogP contribution in [0.5, 0.6) is 63.2 Å². The number of carboxylic acid groups (broad SMARTS) is 2. The van der Waals surface area contributed by atoms with E-state index >= 15 is 0 Å². The first kappa shape index (κ1) is 114. The molecule has 1 aliphatic carbocycles. The molecule has 0 aromatic heterocycles. The van der Waals surface area contributed by atoms with E-state index in [0.717, 1.165) is 201 Å². The molecule has 4 aliphatic heterocycles. The van der Waals surface area contributed by atoms with Crippen LogP contribution in [-0.4, -0.2) is 136 Å². The first-order valence-electron chi connectivity index (χ1n) is 39.9. The van der Waals surface area contributed by atoms with E-state index in [4.69, 9.17) is 54.0 Å². The SMILES string of the molecule is COc1c(I)cc(CC2CCCc3cc(O)c(N)cc32)cc1I.COc1c(I)cc(CC2NCCc3cc(O)c(C)cc32)cc1I.COc1c(I)cc(CC2NCCc3cc(O)c(NS(C)(=O)=O)cc32)cc1I.COc1c(I)cc(CC2NCCc3cc(O)c([N+](=O)[O-])cc32)cc1I.COc1cc2c(cc1O)CCNC2Cc1cc(I)c(OC)c(I)c1.Cl.Cl.Cl.O=C(O)C(=O)O. The molecule has 0 radical (unpaired) electrons. The van der Waals surface area contributed by atoms with Gasteiger partial charge in [0.25, 0.3) is 0 Å². The molecule has 14 N–H and O–H groups in total. The third-order valence-corrected chi connectivity index (χ3v) is 30.6. The van der Waals surface area contributed by atoms with Crippen molar-refractivity contribution in [3.05, 3.63) is 256 Å². The van der Waals surface area contributed by atoms with E-state index in [1.165, 1.54) is 67.8 Å². The van der Waals surface area contributed by atoms with Crippen LogP contribution in [0, 0.1) is 52.7 Å². The quantitative estimate of drug-likeness (QED) is 0.00893. The number of nitrogen functional groups attached to an aromatic ring is 1. The number of nitro groups is 1. The number of phenols is 5. The molecule has 131 heavy (non-hydrogen) atoms. The molecule has 0 saturated heterocycles. The lowest BCUT2D eigenvalue weighted by Gasteiger charge is -2.28. The second-order valence-electron chi connectivity index (χ2n) is 30.6. The molecule has 4 heterocycles. The van der Waals surface area contributed by atoms with E-state index in [0.29, 0.717) is 29.5 Å². The highest BCUT2D eigenvalue weighted by molar-refractivity contribution is 14.1. The number of aryl methyl sites for hydroxylation is 2. The average Bonchev–Trinajstić information content (AvgIpc) is 1.02. The lowest BCUT2D eigenvalue weighted by Crippen LogP contribution is -2.31. The van der Waals surface area contributed by atoms with Gasteiger partial charge < -0.3 is 91.2 Å². The number of nitrogens with one attached hydrogen (secondary N) is 5. The molecule has 0 spiro atoms. The number of carbonyl (C=O) groups is 2. The number of aromatic hydroxyl groups is 5. The van der Waals surface area contributed by atoms with Gasteiger partial charge in [-0.1, -0.05) is 6.07 Å². The van der Waals surface area contributed by atoms with Gasteiger partial charge in [0.05, 0.1) is 101 Å². The number of nitrogens with two attached hydrogens (primary N) is 1. The molecule has 5 unspecified atom stereocenters. The second kappa shape index (κ2) is 52.8. The number of nitro benzene ring substituents is 1. The molecular formula is C91H98Cl3I10N7O19S. The number of fused-ring (bicyclic) bond motifs is 5. The van der Waals surface area contributed by atoms with Crippen LogP contribution in [0.3, 0.4) is 0 Å². The molecule has 0 fully saturated rings. The summed E-state index contributed by atoms with van der Waals surface area (Å²) in [7, 11) is 6.58. The molecule has 708 valence electrons. The predicted molar refractivity (Wildman–Crippen MR) is 603 cm³/mol. The Morgan fingerprint density at radius 3 is 1.04 bits per heavy atom. The van der Waals surface area contributed by atoms with Crippen molar-refractivity contribution in [1.29, 1.82) is 0 Å². The van der Waals surface area contributed by atoms with Crippen LogP contribution in [0.4, 0.5) is 17.1 Å². The van der Waals surface area contributed by atoms with Gasteiger partial charge in [-0.15, -0.1) is 37.2 Å². The summed E-state index contributed by atoms with van der Waals surface area (Å²) in [6.45, 7) is 5.40. The number of methoxy groups -OCH3 is 6. The minimum Gasteiger partial charge on any atom is -0.508 e. The Bertz CT molecular complexity index is 5670. The third-order valence-electron chi connectivity index (χ3n) is 22.0. The number of hydrogen-bond donors (Lipinski definition) is 13. The van der Waals surface area contributed by atoms with Crippen molar-refractivity contribution in [2.24, 2.45) is 0 Å². The molecule has 10 aromatic rings. The van der Waals surface area contributed by atoms with E-state index in [9.17, 15) is 44.1 Å². The molecular weight excluding hydrogens is 2900 g/mol. The van der Waals surface area contributed by atoms with E-state index in [1.54, 1.807) is 54.8 Å². The maximum atomic E-state index is 11.6. The predicted octanol–water partition coefficient (Wildman–Crippen LogP) is 21.0. The van der Waals surface area contributed by atoms with Crippen LogP contribution in [0.15, 0.2) is 121 Å². The van der Waals surface area contributed by atoms with E-state index < -0.39 is 26.9 Å². The van der Waals surface area contributed by atoms with Crippen LogP contribution >= 0.6 is 263 Å². The van der Waals surface area contributed by atoms with Crippen molar-refractivity contribution < 1.29 is 87.1 Å². The lowest BCUT2D eigenvalue weighted by molar-refractivity contribution is -0.386. The number of anilines is 2. The van der Waals surface area contributed by atoms with Gasteiger partial charge in [-0.2, -0.15) is 0 Å². The Balaban J connectivity index is 0.000000219. The van der Waals surface area contributed by atoms with E-state index in [2.05, 4.69) is 319 Å². The van der Waals surface area contributed by atoms with Gasteiger partial charge in [0.15, 0.2) is 17.2 Å². The number of ether oxygens (including phenoxy) is 6. The van der Waals surface area contributed by atoms with Crippen molar-refractivity contribution >= 4 is 302 Å². The Morgan fingerprint density at radius 2 is 0.710 bits per heavy atom. The summed E-state index contributed by atoms with van der Waals surface area (Å²) < 4.78 is 69.0. The normalized spacial score (nSPS) is 15.9. The van der Waals surface area contributed by atoms with Crippen LogP contribution in [0.2, 0.25) is 0 Å². The number of hydrogen-bond acceptors (Lipinski definition) is 22. The van der Waals surface area contributed by atoms with Crippen molar-refractivity contribution in [3.63, 3.8) is 0 Å². The summed E-state index contributed by atoms with van der Waals surface area (Å²) in [6, 6.07) is 40.1. The number of aliphatic carboxylic acids is 2. The van der Waals surface area contributed by atoms with E-state index in [1.807, 2.05) is 37.3 Å². The first-order valence-corrected chi connectivity index (χ1v) is 52.6. The van der Waals surface area contributed by atoms with Gasteiger partial charge in [0.2, 0.25) is 10.0 Å². The Labute approximate surface area is 916 Å². The summed E-state index contributed by atoms with van der Waals surface area (Å²) in [4.78, 5) is 28.8. The highest BCUT2D eigenvalue weighted by atomic mass is 127. The number of nitrogens with zero attached hydrogens (tertiary/aromatic N) is 1. The number of rotatable bonds is 19. The fourth-order valence-electron chi connectivity index (χ4n) is 16.1. The molecule has 26 nitrogen and oxygen atoms in total. The monoisotopic (exact) mass is 3000 g/mol. The molecule has 0 amide bonds. The summed E-state index contributed by atoms with van der Waals surface area (Å²) in [5.74, 6) is 2.43. The highest BCUT2D eigenvalue weighted by Gasteiger charge is 2.31. The Morgan fingerprint density at radius 1 is 0.412 bits per heavy atom. The minimum atomic E-state index is -3.47. The number of phenolic OH excluding ortho intramolecular Hbond substituents is 5. The Hall–Kier alpha value is -4.10. The number of benzene rings is 10. The summed E-state index contributed by atoms with van der Waals surface area (Å²) in [5, 5.41) is 89.9. The van der Waals surface area contributed by atoms with Crippen LogP contribution in [-0.2, 0) is 83.8 Å². The maximum Gasteiger partial charge on any atom is 0.414 e. The zero-order valence-electron chi connectivity index (χ0n) is 71.7. The molecule has 10 aromatic carbocycles. The molecule has 5 atom stereocenters. The number of halogens is 13. The zero-order chi connectivity index (χ0) is 93.4. The lowest BCUT2D eigenvalue weighted by atomic mass is 9.79. The van der Waals surface area contributed by atoms with Crippen LogP contribution in [0.25, 0.3) is 0 Å². The topological polar surface area (TPSA) is 395 Å². The molecule has 5 aliphatic rings. The smallest absolute Gasteiger partial charge is 0.414 e. The van der Waals surface area contributed by atoms with Gasteiger partial charge in [0.1, 0.15) is 46.0 Å². The van der Waals surface area contributed by atoms with Gasteiger partial charge in [-0.25, -0.2) is 18.0 Å². The highest BCUT2D eigenvalue weighted by Crippen LogP contribution is 2.45. The second-order valence-corrected chi connectivity index (χ2v) is 44.0.